The predicted molar refractivity (Wildman–Crippen MR) is 106 cm³/mol. The molecule has 136 valence electrons. The van der Waals surface area contributed by atoms with Crippen LogP contribution in [0.1, 0.15) is 15.9 Å². The molecule has 0 fully saturated rings. The minimum absolute atomic E-state index is 0.181. The Bertz CT molecular complexity index is 939. The van der Waals surface area contributed by atoms with Crippen molar-refractivity contribution in [1.29, 1.82) is 0 Å². The van der Waals surface area contributed by atoms with Crippen LogP contribution in [0, 0.1) is 0 Å². The van der Waals surface area contributed by atoms with Gasteiger partial charge in [0, 0.05) is 6.42 Å². The summed E-state index contributed by atoms with van der Waals surface area (Å²) in [6.07, 6.45) is 0.181. The van der Waals surface area contributed by atoms with Gasteiger partial charge < -0.3 is 10.4 Å². The lowest BCUT2D eigenvalue weighted by molar-refractivity contribution is -0.139. The highest BCUT2D eigenvalue weighted by Gasteiger charge is 2.22. The summed E-state index contributed by atoms with van der Waals surface area (Å²) >= 11 is 6.01. The van der Waals surface area contributed by atoms with E-state index in [2.05, 4.69) is 5.32 Å². The highest BCUT2D eigenvalue weighted by atomic mass is 35.5. The van der Waals surface area contributed by atoms with Crippen molar-refractivity contribution in [3.05, 3.63) is 95.0 Å². The molecule has 0 heterocycles. The largest absolute Gasteiger partial charge is 0.480 e. The van der Waals surface area contributed by atoms with Gasteiger partial charge >= 0.3 is 5.97 Å². The summed E-state index contributed by atoms with van der Waals surface area (Å²) in [5, 5.41) is 12.3. The number of carboxylic acids is 1. The van der Waals surface area contributed by atoms with Gasteiger partial charge in [0.1, 0.15) is 6.04 Å². The summed E-state index contributed by atoms with van der Waals surface area (Å²) in [5.74, 6) is -1.60. The van der Waals surface area contributed by atoms with E-state index in [0.29, 0.717) is 0 Å². The first-order valence-electron chi connectivity index (χ1n) is 8.47. The molecule has 0 aromatic heterocycles. The Morgan fingerprint density at radius 2 is 1.44 bits per heavy atom. The van der Waals surface area contributed by atoms with Gasteiger partial charge in [0.05, 0.1) is 10.6 Å². The second-order valence-corrected chi connectivity index (χ2v) is 6.52. The monoisotopic (exact) mass is 379 g/mol. The first-order valence-corrected chi connectivity index (χ1v) is 8.85. The first-order chi connectivity index (χ1) is 13.0. The first kappa shape index (κ1) is 18.7. The van der Waals surface area contributed by atoms with Crippen molar-refractivity contribution in [3.63, 3.8) is 0 Å². The van der Waals surface area contributed by atoms with Gasteiger partial charge in [0.15, 0.2) is 0 Å². The summed E-state index contributed by atoms with van der Waals surface area (Å²) in [6.45, 7) is 0. The molecule has 4 nitrogen and oxygen atoms in total. The number of rotatable bonds is 6. The maximum Gasteiger partial charge on any atom is 0.326 e. The molecule has 0 aliphatic carbocycles. The summed E-state index contributed by atoms with van der Waals surface area (Å²) < 4.78 is 0. The standard InChI is InChI=1S/C22H18ClNO3/c23-19-9-5-4-8-18(19)21(25)24-20(22(26)27)14-15-10-12-17(13-11-15)16-6-2-1-3-7-16/h1-13,20H,14H2,(H,24,25)(H,26,27)/t20-/m0/s1. The van der Waals surface area contributed by atoms with Gasteiger partial charge in [-0.2, -0.15) is 0 Å². The second kappa shape index (κ2) is 8.52. The van der Waals surface area contributed by atoms with Crippen molar-refractivity contribution in [2.24, 2.45) is 0 Å². The fraction of sp³-hybridized carbons (Fsp3) is 0.0909. The van der Waals surface area contributed by atoms with Crippen molar-refractivity contribution >= 4 is 23.5 Å². The Morgan fingerprint density at radius 3 is 2.07 bits per heavy atom. The van der Waals surface area contributed by atoms with E-state index in [-0.39, 0.29) is 17.0 Å². The number of nitrogens with one attached hydrogen (secondary N) is 1. The van der Waals surface area contributed by atoms with Crippen LogP contribution in [0.3, 0.4) is 0 Å². The number of hydrogen-bond acceptors (Lipinski definition) is 2. The van der Waals surface area contributed by atoms with E-state index in [1.54, 1.807) is 24.3 Å². The predicted octanol–water partition coefficient (Wildman–Crippen LogP) is 4.43. The molecular weight excluding hydrogens is 362 g/mol. The van der Waals surface area contributed by atoms with E-state index in [1.165, 1.54) is 0 Å². The van der Waals surface area contributed by atoms with Crippen LogP contribution in [0.5, 0.6) is 0 Å². The summed E-state index contributed by atoms with van der Waals surface area (Å²) in [6, 6.07) is 23.0. The normalized spacial score (nSPS) is 11.6. The van der Waals surface area contributed by atoms with Crippen molar-refractivity contribution in [1.82, 2.24) is 5.32 Å². The van der Waals surface area contributed by atoms with Crippen molar-refractivity contribution < 1.29 is 14.7 Å². The van der Waals surface area contributed by atoms with Crippen molar-refractivity contribution in [2.75, 3.05) is 0 Å². The molecular formula is C22H18ClNO3. The van der Waals surface area contributed by atoms with E-state index in [9.17, 15) is 14.7 Å². The summed E-state index contributed by atoms with van der Waals surface area (Å²) in [7, 11) is 0. The lowest BCUT2D eigenvalue weighted by atomic mass is 10.0. The third kappa shape index (κ3) is 4.74. The summed E-state index contributed by atoms with van der Waals surface area (Å²) in [5.41, 5.74) is 3.21. The number of amides is 1. The van der Waals surface area contributed by atoms with Crippen molar-refractivity contribution in [3.8, 4) is 11.1 Å². The second-order valence-electron chi connectivity index (χ2n) is 6.11. The van der Waals surface area contributed by atoms with E-state index in [0.717, 1.165) is 16.7 Å². The number of hydrogen-bond donors (Lipinski definition) is 2. The number of halogens is 1. The Balaban J connectivity index is 1.72. The van der Waals surface area contributed by atoms with Gasteiger partial charge in [0.25, 0.3) is 5.91 Å². The Morgan fingerprint density at radius 1 is 0.852 bits per heavy atom. The lowest BCUT2D eigenvalue weighted by Gasteiger charge is -2.15. The van der Waals surface area contributed by atoms with Gasteiger partial charge in [0.2, 0.25) is 0 Å². The minimum Gasteiger partial charge on any atom is -0.480 e. The smallest absolute Gasteiger partial charge is 0.326 e. The molecule has 0 bridgehead atoms. The van der Waals surface area contributed by atoms with Crippen LogP contribution in [0.2, 0.25) is 5.02 Å². The SMILES string of the molecule is O=C(N[C@@H](Cc1ccc(-c2ccccc2)cc1)C(=O)O)c1ccccc1Cl. The molecule has 0 aliphatic rings. The average molecular weight is 380 g/mol. The third-order valence-corrected chi connectivity index (χ3v) is 4.55. The minimum atomic E-state index is -1.09. The number of carbonyl (C=O) groups is 2. The van der Waals surface area contributed by atoms with Crippen LogP contribution in [0.4, 0.5) is 0 Å². The maximum atomic E-state index is 12.4. The Hall–Kier alpha value is -3.11. The molecule has 1 atom stereocenters. The van der Waals surface area contributed by atoms with E-state index >= 15 is 0 Å². The molecule has 0 unspecified atom stereocenters. The fourth-order valence-electron chi connectivity index (χ4n) is 2.78. The van der Waals surface area contributed by atoms with E-state index in [4.69, 9.17) is 11.6 Å². The molecule has 1 amide bonds. The quantitative estimate of drug-likeness (QED) is 0.665. The molecule has 0 saturated carbocycles. The zero-order valence-electron chi connectivity index (χ0n) is 14.4. The Labute approximate surface area is 162 Å². The molecule has 2 N–H and O–H groups in total. The average Bonchev–Trinajstić information content (AvgIpc) is 2.69. The molecule has 0 spiro atoms. The molecule has 0 aliphatic heterocycles. The highest BCUT2D eigenvalue weighted by Crippen LogP contribution is 2.20. The van der Waals surface area contributed by atoms with Crippen molar-refractivity contribution in [2.45, 2.75) is 12.5 Å². The number of aliphatic carboxylic acids is 1. The highest BCUT2D eigenvalue weighted by molar-refractivity contribution is 6.33. The molecule has 27 heavy (non-hydrogen) atoms. The lowest BCUT2D eigenvalue weighted by Crippen LogP contribution is -2.42. The van der Waals surface area contributed by atoms with Crippen LogP contribution >= 0.6 is 11.6 Å². The van der Waals surface area contributed by atoms with Crippen LogP contribution in [0.15, 0.2) is 78.9 Å². The number of benzene rings is 3. The molecule has 0 saturated heterocycles. The van der Waals surface area contributed by atoms with Crippen LogP contribution in [0.25, 0.3) is 11.1 Å². The topological polar surface area (TPSA) is 66.4 Å². The van der Waals surface area contributed by atoms with Gasteiger partial charge in [-0.15, -0.1) is 0 Å². The number of carboxylic acid groups (broad SMARTS) is 1. The summed E-state index contributed by atoms with van der Waals surface area (Å²) in [4.78, 5) is 23.9. The van der Waals surface area contributed by atoms with Crippen LogP contribution in [-0.4, -0.2) is 23.0 Å². The van der Waals surface area contributed by atoms with Gasteiger partial charge in [-0.3, -0.25) is 4.79 Å². The molecule has 3 aromatic carbocycles. The Kier molecular flexibility index (Phi) is 5.89. The molecule has 3 aromatic rings. The van der Waals surface area contributed by atoms with E-state index < -0.39 is 17.9 Å². The van der Waals surface area contributed by atoms with E-state index in [1.807, 2.05) is 54.6 Å². The van der Waals surface area contributed by atoms with Crippen LogP contribution in [-0.2, 0) is 11.2 Å². The molecule has 0 radical (unpaired) electrons. The zero-order valence-corrected chi connectivity index (χ0v) is 15.2. The zero-order chi connectivity index (χ0) is 19.2. The fourth-order valence-corrected chi connectivity index (χ4v) is 3.00. The van der Waals surface area contributed by atoms with Gasteiger partial charge in [-0.1, -0.05) is 78.3 Å². The molecule has 5 heteroatoms. The molecule has 3 rings (SSSR count). The third-order valence-electron chi connectivity index (χ3n) is 4.22. The van der Waals surface area contributed by atoms with Gasteiger partial charge in [-0.05, 0) is 28.8 Å². The van der Waals surface area contributed by atoms with Crippen LogP contribution < -0.4 is 5.32 Å². The maximum absolute atomic E-state index is 12.4. The van der Waals surface area contributed by atoms with Gasteiger partial charge in [-0.25, -0.2) is 4.79 Å². The number of carbonyl (C=O) groups excluding carboxylic acids is 1.